The van der Waals surface area contributed by atoms with Crippen LogP contribution in [0.2, 0.25) is 0 Å². The van der Waals surface area contributed by atoms with Crippen LogP contribution in [0.4, 0.5) is 16.3 Å². The van der Waals surface area contributed by atoms with Gasteiger partial charge in [0.05, 0.1) is 17.1 Å². The molecular formula is C24H28N8O. The lowest BCUT2D eigenvalue weighted by Gasteiger charge is -2.30. The second-order valence-corrected chi connectivity index (χ2v) is 9.41. The number of rotatable bonds is 3. The second-order valence-electron chi connectivity index (χ2n) is 9.41. The Hall–Kier alpha value is -3.88. The number of hydrogen-bond acceptors (Lipinski definition) is 5. The third-order valence-electron chi connectivity index (χ3n) is 5.73. The number of amides is 2. The molecule has 0 saturated heterocycles. The Balaban J connectivity index is 1.37. The molecule has 5 heterocycles. The molecule has 4 aromatic rings. The highest BCUT2D eigenvalue weighted by Crippen LogP contribution is 2.29. The SMILES string of the molecule is Cc1ncc2cc(Nc3ncnc4[nH]c(C5=CCN(C(=O)NC(C)(C)C)CC5)cc34)ccn12. The number of nitrogens with one attached hydrogen (secondary N) is 3. The minimum atomic E-state index is -0.248. The second kappa shape index (κ2) is 7.91. The van der Waals surface area contributed by atoms with Crippen molar-refractivity contribution in [1.82, 2.24) is 34.6 Å². The van der Waals surface area contributed by atoms with Gasteiger partial charge in [0, 0.05) is 36.2 Å². The van der Waals surface area contributed by atoms with Gasteiger partial charge >= 0.3 is 6.03 Å². The number of imidazole rings is 1. The van der Waals surface area contributed by atoms with Crippen molar-refractivity contribution in [1.29, 1.82) is 0 Å². The molecular weight excluding hydrogens is 416 g/mol. The number of aromatic nitrogens is 5. The van der Waals surface area contributed by atoms with Gasteiger partial charge in [-0.25, -0.2) is 19.7 Å². The molecule has 170 valence electrons. The minimum absolute atomic E-state index is 0.0304. The molecule has 3 N–H and O–H groups in total. The van der Waals surface area contributed by atoms with E-state index in [0.29, 0.717) is 13.1 Å². The zero-order valence-corrected chi connectivity index (χ0v) is 19.3. The zero-order valence-electron chi connectivity index (χ0n) is 19.3. The van der Waals surface area contributed by atoms with Gasteiger partial charge in [-0.2, -0.15) is 0 Å². The minimum Gasteiger partial charge on any atom is -0.339 e. The molecule has 0 radical (unpaired) electrons. The van der Waals surface area contributed by atoms with E-state index in [1.165, 1.54) is 5.57 Å². The molecule has 2 amide bonds. The summed E-state index contributed by atoms with van der Waals surface area (Å²) >= 11 is 0. The third-order valence-corrected chi connectivity index (χ3v) is 5.73. The Kier molecular flexibility index (Phi) is 5.03. The fraction of sp³-hybridized carbons (Fsp3) is 0.333. The lowest BCUT2D eigenvalue weighted by molar-refractivity contribution is 0.193. The summed E-state index contributed by atoms with van der Waals surface area (Å²) in [5, 5.41) is 7.36. The van der Waals surface area contributed by atoms with Gasteiger partial charge in [-0.1, -0.05) is 6.08 Å². The molecule has 0 bridgehead atoms. The van der Waals surface area contributed by atoms with Gasteiger partial charge in [0.25, 0.3) is 0 Å². The largest absolute Gasteiger partial charge is 0.339 e. The van der Waals surface area contributed by atoms with Crippen molar-refractivity contribution in [2.24, 2.45) is 0 Å². The maximum absolute atomic E-state index is 12.4. The maximum atomic E-state index is 12.4. The van der Waals surface area contributed by atoms with Crippen LogP contribution in [0.1, 0.15) is 38.7 Å². The fourth-order valence-electron chi connectivity index (χ4n) is 4.06. The normalized spacial score (nSPS) is 14.5. The van der Waals surface area contributed by atoms with Gasteiger partial charge in [-0.3, -0.25) is 0 Å². The molecule has 0 fully saturated rings. The average Bonchev–Trinajstić information content (AvgIpc) is 3.37. The molecule has 0 aromatic carbocycles. The van der Waals surface area contributed by atoms with Gasteiger partial charge in [0.1, 0.15) is 23.6 Å². The van der Waals surface area contributed by atoms with Crippen molar-refractivity contribution >= 4 is 39.7 Å². The van der Waals surface area contributed by atoms with E-state index in [2.05, 4.69) is 42.7 Å². The number of carbonyl (C=O) groups excluding carboxylic acids is 1. The molecule has 9 heteroatoms. The number of urea groups is 1. The van der Waals surface area contributed by atoms with E-state index in [1.807, 2.05) is 61.5 Å². The highest BCUT2D eigenvalue weighted by atomic mass is 16.2. The molecule has 0 atom stereocenters. The molecule has 1 aliphatic rings. The monoisotopic (exact) mass is 444 g/mol. The van der Waals surface area contributed by atoms with Crippen LogP contribution in [-0.4, -0.2) is 53.9 Å². The van der Waals surface area contributed by atoms with Crippen LogP contribution in [0.5, 0.6) is 0 Å². The predicted molar refractivity (Wildman–Crippen MR) is 130 cm³/mol. The van der Waals surface area contributed by atoms with Crippen molar-refractivity contribution in [3.05, 3.63) is 54.5 Å². The number of aromatic amines is 1. The topological polar surface area (TPSA) is 103 Å². The number of aryl methyl sites for hydroxylation is 1. The summed E-state index contributed by atoms with van der Waals surface area (Å²) in [4.78, 5) is 30.9. The van der Waals surface area contributed by atoms with Crippen molar-refractivity contribution in [3.63, 3.8) is 0 Å². The summed E-state index contributed by atoms with van der Waals surface area (Å²) in [5.41, 5.74) is 4.66. The van der Waals surface area contributed by atoms with E-state index in [1.54, 1.807) is 6.33 Å². The molecule has 5 rings (SSSR count). The average molecular weight is 445 g/mol. The number of pyridine rings is 1. The summed E-state index contributed by atoms with van der Waals surface area (Å²) in [6.45, 7) is 9.19. The van der Waals surface area contributed by atoms with Crippen molar-refractivity contribution in [3.8, 4) is 0 Å². The molecule has 0 unspecified atom stereocenters. The molecule has 0 saturated carbocycles. The van der Waals surface area contributed by atoms with Crippen LogP contribution in [0.25, 0.3) is 22.1 Å². The lowest BCUT2D eigenvalue weighted by Crippen LogP contribution is -2.49. The first kappa shape index (κ1) is 21.0. The molecule has 0 aliphatic carbocycles. The summed E-state index contributed by atoms with van der Waals surface area (Å²) in [6.07, 6.45) is 8.28. The van der Waals surface area contributed by atoms with E-state index in [0.717, 1.165) is 46.0 Å². The first-order valence-electron chi connectivity index (χ1n) is 11.1. The van der Waals surface area contributed by atoms with Crippen LogP contribution < -0.4 is 10.6 Å². The van der Waals surface area contributed by atoms with Crippen LogP contribution in [0.3, 0.4) is 0 Å². The number of anilines is 2. The van der Waals surface area contributed by atoms with Crippen molar-refractivity contribution < 1.29 is 4.79 Å². The zero-order chi connectivity index (χ0) is 23.2. The van der Waals surface area contributed by atoms with Gasteiger partial charge in [0.15, 0.2) is 0 Å². The first-order valence-corrected chi connectivity index (χ1v) is 11.1. The Labute approximate surface area is 191 Å². The Morgan fingerprint density at radius 3 is 2.79 bits per heavy atom. The number of fused-ring (bicyclic) bond motifs is 2. The van der Waals surface area contributed by atoms with Gasteiger partial charge < -0.3 is 24.9 Å². The summed E-state index contributed by atoms with van der Waals surface area (Å²) < 4.78 is 2.04. The third kappa shape index (κ3) is 4.26. The van der Waals surface area contributed by atoms with E-state index in [4.69, 9.17) is 0 Å². The predicted octanol–water partition coefficient (Wildman–Crippen LogP) is 4.25. The number of nitrogens with zero attached hydrogens (tertiary/aromatic N) is 5. The first-order chi connectivity index (χ1) is 15.8. The van der Waals surface area contributed by atoms with E-state index in [-0.39, 0.29) is 11.6 Å². The van der Waals surface area contributed by atoms with Crippen LogP contribution >= 0.6 is 0 Å². The van der Waals surface area contributed by atoms with Gasteiger partial charge in [0.2, 0.25) is 0 Å². The summed E-state index contributed by atoms with van der Waals surface area (Å²) in [5.74, 6) is 1.69. The Bertz CT molecular complexity index is 1370. The number of H-pyrrole nitrogens is 1. The summed E-state index contributed by atoms with van der Waals surface area (Å²) in [7, 11) is 0. The van der Waals surface area contributed by atoms with Crippen LogP contribution in [0.15, 0.2) is 43.0 Å². The molecule has 9 nitrogen and oxygen atoms in total. The Morgan fingerprint density at radius 1 is 1.18 bits per heavy atom. The fourth-order valence-corrected chi connectivity index (χ4v) is 4.06. The number of carbonyl (C=O) groups is 1. The van der Waals surface area contributed by atoms with Crippen LogP contribution in [-0.2, 0) is 0 Å². The van der Waals surface area contributed by atoms with Crippen LogP contribution in [0, 0.1) is 6.92 Å². The molecule has 4 aromatic heterocycles. The lowest BCUT2D eigenvalue weighted by atomic mass is 10.0. The molecule has 33 heavy (non-hydrogen) atoms. The van der Waals surface area contributed by atoms with Crippen molar-refractivity contribution in [2.45, 2.75) is 39.7 Å². The Morgan fingerprint density at radius 2 is 2.03 bits per heavy atom. The van der Waals surface area contributed by atoms with E-state index in [9.17, 15) is 4.79 Å². The quantitative estimate of drug-likeness (QED) is 0.438. The number of hydrogen-bond donors (Lipinski definition) is 3. The van der Waals surface area contributed by atoms with E-state index >= 15 is 0 Å². The standard InChI is InChI=1S/C24H28N8O/c1-15-25-13-18-11-17(7-10-32(15)18)28-21-19-12-20(29-22(19)27-14-26-21)16-5-8-31(9-6-16)23(33)30-24(2,3)4/h5,7,10-14H,6,8-9H2,1-4H3,(H,30,33)(H2,26,27,28,29). The highest BCUT2D eigenvalue weighted by Gasteiger charge is 2.22. The van der Waals surface area contributed by atoms with Gasteiger partial charge in [-0.05, 0) is 57.9 Å². The maximum Gasteiger partial charge on any atom is 0.318 e. The molecule has 1 aliphatic heterocycles. The van der Waals surface area contributed by atoms with Gasteiger partial charge in [-0.15, -0.1) is 0 Å². The summed E-state index contributed by atoms with van der Waals surface area (Å²) in [6, 6.07) is 6.10. The van der Waals surface area contributed by atoms with E-state index < -0.39 is 0 Å². The molecule has 0 spiro atoms. The highest BCUT2D eigenvalue weighted by molar-refractivity contribution is 5.92. The smallest absolute Gasteiger partial charge is 0.318 e. The van der Waals surface area contributed by atoms with Crippen molar-refractivity contribution in [2.75, 3.05) is 18.4 Å².